The first kappa shape index (κ1) is 12.8. The van der Waals surface area contributed by atoms with Gasteiger partial charge >= 0.3 is 5.97 Å². The van der Waals surface area contributed by atoms with Gasteiger partial charge in [0.15, 0.2) is 0 Å². The Balaban J connectivity index is 2.37. The summed E-state index contributed by atoms with van der Waals surface area (Å²) in [6, 6.07) is 2.33. The summed E-state index contributed by atoms with van der Waals surface area (Å²) in [7, 11) is 0. The van der Waals surface area contributed by atoms with E-state index < -0.39 is 11.8 Å². The molecule has 0 saturated carbocycles. The highest BCUT2D eigenvalue weighted by Gasteiger charge is 2.31. The number of carbonyl (C=O) groups is 1. The van der Waals surface area contributed by atoms with Crippen LogP contribution in [-0.4, -0.2) is 24.7 Å². The molecule has 0 spiro atoms. The molecule has 0 amide bonds. The van der Waals surface area contributed by atoms with Gasteiger partial charge in [-0.1, -0.05) is 0 Å². The Labute approximate surface area is 105 Å². The number of rotatable bonds is 3. The van der Waals surface area contributed by atoms with E-state index in [4.69, 9.17) is 15.2 Å². The summed E-state index contributed by atoms with van der Waals surface area (Å²) in [6.45, 7) is 3.75. The second-order valence-electron chi connectivity index (χ2n) is 4.38. The maximum atomic E-state index is 13.5. The molecule has 5 heteroatoms. The van der Waals surface area contributed by atoms with Gasteiger partial charge in [0.25, 0.3) is 0 Å². The molecule has 1 aliphatic rings. The van der Waals surface area contributed by atoms with E-state index in [2.05, 4.69) is 0 Å². The molecule has 1 aromatic rings. The first-order valence-corrected chi connectivity index (χ1v) is 5.94. The van der Waals surface area contributed by atoms with Crippen LogP contribution < -0.4 is 10.5 Å². The lowest BCUT2D eigenvalue weighted by Crippen LogP contribution is -2.35. The van der Waals surface area contributed by atoms with Gasteiger partial charge in [-0.2, -0.15) is 0 Å². The maximum absolute atomic E-state index is 13.5. The third kappa shape index (κ3) is 2.31. The molecule has 2 atom stereocenters. The molecular weight excluding hydrogens is 237 g/mol. The predicted octanol–water partition coefficient (Wildman–Crippen LogP) is 1.65. The van der Waals surface area contributed by atoms with Crippen LogP contribution in [-0.2, 0) is 11.2 Å². The molecule has 4 nitrogen and oxygen atoms in total. The minimum absolute atomic E-state index is 0.134. The minimum atomic E-state index is -0.571. The summed E-state index contributed by atoms with van der Waals surface area (Å²) >= 11 is 0. The van der Waals surface area contributed by atoms with Crippen molar-refractivity contribution in [3.8, 4) is 5.75 Å². The van der Waals surface area contributed by atoms with E-state index >= 15 is 0 Å². The van der Waals surface area contributed by atoms with E-state index in [9.17, 15) is 9.18 Å². The quantitative estimate of drug-likeness (QED) is 0.832. The first-order chi connectivity index (χ1) is 8.52. The summed E-state index contributed by atoms with van der Waals surface area (Å²) in [5.74, 6) is -0.638. The van der Waals surface area contributed by atoms with Crippen LogP contribution in [0.25, 0.3) is 0 Å². The molecule has 18 heavy (non-hydrogen) atoms. The van der Waals surface area contributed by atoms with Crippen LogP contribution in [0.4, 0.5) is 4.39 Å². The van der Waals surface area contributed by atoms with E-state index in [-0.39, 0.29) is 24.3 Å². The van der Waals surface area contributed by atoms with Gasteiger partial charge in [0.2, 0.25) is 0 Å². The average molecular weight is 253 g/mol. The Bertz CT molecular complexity index is 474. The van der Waals surface area contributed by atoms with E-state index in [1.165, 1.54) is 6.07 Å². The van der Waals surface area contributed by atoms with Crippen molar-refractivity contribution in [1.29, 1.82) is 0 Å². The zero-order chi connectivity index (χ0) is 13.3. The van der Waals surface area contributed by atoms with Crippen molar-refractivity contribution in [3.05, 3.63) is 29.1 Å². The fourth-order valence-corrected chi connectivity index (χ4v) is 2.00. The van der Waals surface area contributed by atoms with Crippen LogP contribution >= 0.6 is 0 Å². The number of hydrogen-bond donors (Lipinski definition) is 1. The molecular formula is C13H16FNO3. The molecule has 0 aliphatic carbocycles. The molecule has 1 unspecified atom stereocenters. The number of fused-ring (bicyclic) bond motifs is 1. The summed E-state index contributed by atoms with van der Waals surface area (Å²) in [6.07, 6.45) is 0.284. The van der Waals surface area contributed by atoms with Crippen molar-refractivity contribution in [2.24, 2.45) is 5.73 Å². The van der Waals surface area contributed by atoms with Gasteiger partial charge in [-0.25, -0.2) is 9.18 Å². The van der Waals surface area contributed by atoms with Crippen LogP contribution in [0, 0.1) is 5.82 Å². The highest BCUT2D eigenvalue weighted by molar-refractivity contribution is 5.93. The van der Waals surface area contributed by atoms with Crippen molar-refractivity contribution in [3.63, 3.8) is 0 Å². The van der Waals surface area contributed by atoms with Gasteiger partial charge in [-0.15, -0.1) is 0 Å². The Kier molecular flexibility index (Phi) is 3.52. The zero-order valence-corrected chi connectivity index (χ0v) is 10.4. The van der Waals surface area contributed by atoms with Crippen LogP contribution in [0.2, 0.25) is 0 Å². The van der Waals surface area contributed by atoms with E-state index in [0.717, 1.165) is 6.07 Å². The third-order valence-electron chi connectivity index (χ3n) is 2.90. The van der Waals surface area contributed by atoms with Crippen molar-refractivity contribution >= 4 is 5.97 Å². The van der Waals surface area contributed by atoms with Gasteiger partial charge in [-0.3, -0.25) is 0 Å². The Hall–Kier alpha value is -1.62. The third-order valence-corrected chi connectivity index (χ3v) is 2.90. The molecule has 0 aromatic heterocycles. The van der Waals surface area contributed by atoms with Crippen molar-refractivity contribution in [2.75, 3.05) is 6.61 Å². The standard InChI is InChI=1S/C13H16FNO3/c1-3-17-13(16)10-6-9(14)4-8-5-11(7(2)15)18-12(8)10/h4,6-7,11H,3,5,15H2,1-2H3/t7-,11?/m1/s1. The summed E-state index contributed by atoms with van der Waals surface area (Å²) in [5, 5.41) is 0. The van der Waals surface area contributed by atoms with Gasteiger partial charge in [0, 0.05) is 18.0 Å². The lowest BCUT2D eigenvalue weighted by molar-refractivity contribution is 0.0519. The van der Waals surface area contributed by atoms with Crippen LogP contribution in [0.15, 0.2) is 12.1 Å². The van der Waals surface area contributed by atoms with Gasteiger partial charge in [0.05, 0.1) is 6.61 Å². The number of nitrogens with two attached hydrogens (primary N) is 1. The fourth-order valence-electron chi connectivity index (χ4n) is 2.00. The van der Waals surface area contributed by atoms with Gasteiger partial charge in [0.1, 0.15) is 23.2 Å². The van der Waals surface area contributed by atoms with E-state index in [1.807, 2.05) is 6.92 Å². The summed E-state index contributed by atoms with van der Waals surface area (Å²) in [5.41, 5.74) is 6.57. The van der Waals surface area contributed by atoms with Crippen LogP contribution in [0.3, 0.4) is 0 Å². The Morgan fingerprint density at radius 1 is 1.67 bits per heavy atom. The normalized spacial score (nSPS) is 19.0. The zero-order valence-electron chi connectivity index (χ0n) is 10.4. The average Bonchev–Trinajstić information content (AvgIpc) is 2.71. The highest BCUT2D eigenvalue weighted by Crippen LogP contribution is 2.34. The molecule has 2 rings (SSSR count). The molecule has 1 aromatic carbocycles. The molecule has 98 valence electrons. The molecule has 0 bridgehead atoms. The molecule has 1 aliphatic heterocycles. The molecule has 0 saturated heterocycles. The number of ether oxygens (including phenoxy) is 2. The lowest BCUT2D eigenvalue weighted by atomic mass is 10.0. The number of esters is 1. The number of hydrogen-bond acceptors (Lipinski definition) is 4. The molecule has 2 N–H and O–H groups in total. The Morgan fingerprint density at radius 2 is 2.39 bits per heavy atom. The van der Waals surface area contributed by atoms with Gasteiger partial charge in [-0.05, 0) is 26.0 Å². The topological polar surface area (TPSA) is 61.5 Å². The predicted molar refractivity (Wildman–Crippen MR) is 64.1 cm³/mol. The maximum Gasteiger partial charge on any atom is 0.342 e. The largest absolute Gasteiger partial charge is 0.487 e. The smallest absolute Gasteiger partial charge is 0.342 e. The summed E-state index contributed by atoms with van der Waals surface area (Å²) in [4.78, 5) is 11.7. The van der Waals surface area contributed by atoms with Crippen molar-refractivity contribution in [2.45, 2.75) is 32.4 Å². The Morgan fingerprint density at radius 3 is 3.00 bits per heavy atom. The second-order valence-corrected chi connectivity index (χ2v) is 4.38. The lowest BCUT2D eigenvalue weighted by Gasteiger charge is -2.15. The van der Waals surface area contributed by atoms with E-state index in [0.29, 0.717) is 17.7 Å². The second kappa shape index (κ2) is 4.94. The summed E-state index contributed by atoms with van der Waals surface area (Å²) < 4.78 is 24.0. The monoisotopic (exact) mass is 253 g/mol. The fraction of sp³-hybridized carbons (Fsp3) is 0.462. The van der Waals surface area contributed by atoms with Gasteiger partial charge < -0.3 is 15.2 Å². The minimum Gasteiger partial charge on any atom is -0.487 e. The van der Waals surface area contributed by atoms with Crippen molar-refractivity contribution in [1.82, 2.24) is 0 Å². The SMILES string of the molecule is CCOC(=O)c1cc(F)cc2c1OC([C@@H](C)N)C2. The molecule has 1 heterocycles. The highest BCUT2D eigenvalue weighted by atomic mass is 19.1. The molecule has 0 radical (unpaired) electrons. The first-order valence-electron chi connectivity index (χ1n) is 5.94. The number of halogens is 1. The number of benzene rings is 1. The van der Waals surface area contributed by atoms with Crippen molar-refractivity contribution < 1.29 is 18.7 Å². The number of carbonyl (C=O) groups excluding carboxylic acids is 1. The van der Waals surface area contributed by atoms with Crippen LogP contribution in [0.1, 0.15) is 29.8 Å². The van der Waals surface area contributed by atoms with E-state index in [1.54, 1.807) is 6.92 Å². The molecule has 0 fully saturated rings. The van der Waals surface area contributed by atoms with Crippen LogP contribution in [0.5, 0.6) is 5.75 Å².